The van der Waals surface area contributed by atoms with Crippen molar-refractivity contribution in [2.75, 3.05) is 6.54 Å². The van der Waals surface area contributed by atoms with E-state index >= 15 is 0 Å². The highest BCUT2D eigenvalue weighted by Gasteiger charge is 2.44. The lowest BCUT2D eigenvalue weighted by Crippen LogP contribution is -2.36. The number of terminal acetylenes is 1. The van der Waals surface area contributed by atoms with E-state index in [1.807, 2.05) is 0 Å². The average molecular weight is 137 g/mol. The normalized spacial score (nSPS) is 20.6. The van der Waals surface area contributed by atoms with Crippen molar-refractivity contribution in [3.8, 4) is 12.3 Å². The Morgan fingerprint density at radius 1 is 1.60 bits per heavy atom. The molecule has 0 heterocycles. The van der Waals surface area contributed by atoms with E-state index in [2.05, 4.69) is 25.1 Å². The first-order chi connectivity index (χ1) is 4.71. The summed E-state index contributed by atoms with van der Waals surface area (Å²) in [7, 11) is 0. The molecular weight excluding hydrogens is 122 g/mol. The highest BCUT2D eigenvalue weighted by atomic mass is 15.0. The van der Waals surface area contributed by atoms with E-state index in [1.54, 1.807) is 0 Å². The Kier molecular flexibility index (Phi) is 2.01. The molecule has 1 N–H and O–H groups in total. The maximum Gasteiger partial charge on any atom is 0.0578 e. The van der Waals surface area contributed by atoms with Gasteiger partial charge in [0.25, 0.3) is 0 Å². The molecule has 1 aliphatic carbocycles. The standard InChI is InChI=1S/C9H15N/c1-4-7-10-9(5-6-9)8(2)3/h1,8,10H,5-7H2,2-3H3. The minimum absolute atomic E-state index is 0.409. The molecule has 0 saturated heterocycles. The van der Waals surface area contributed by atoms with E-state index in [0.717, 1.165) is 12.5 Å². The molecular formula is C9H15N. The third-order valence-corrected chi connectivity index (χ3v) is 2.44. The SMILES string of the molecule is C#CCNC1(C(C)C)CC1. The van der Waals surface area contributed by atoms with Gasteiger partial charge in [-0.05, 0) is 18.8 Å². The summed E-state index contributed by atoms with van der Waals surface area (Å²) < 4.78 is 0. The molecule has 0 unspecified atom stereocenters. The molecule has 1 saturated carbocycles. The second-order valence-electron chi connectivity index (χ2n) is 3.37. The lowest BCUT2D eigenvalue weighted by Gasteiger charge is -2.19. The highest BCUT2D eigenvalue weighted by Crippen LogP contribution is 2.41. The van der Waals surface area contributed by atoms with Gasteiger partial charge in [-0.3, -0.25) is 0 Å². The molecule has 0 radical (unpaired) electrons. The molecule has 0 aromatic rings. The van der Waals surface area contributed by atoms with Crippen molar-refractivity contribution in [1.29, 1.82) is 0 Å². The summed E-state index contributed by atoms with van der Waals surface area (Å²) >= 11 is 0. The number of hydrogen-bond donors (Lipinski definition) is 1. The lowest BCUT2D eigenvalue weighted by atomic mass is 10.0. The van der Waals surface area contributed by atoms with Crippen molar-refractivity contribution in [2.24, 2.45) is 5.92 Å². The second kappa shape index (κ2) is 2.64. The summed E-state index contributed by atoms with van der Waals surface area (Å²) in [5, 5.41) is 3.38. The van der Waals surface area contributed by atoms with Crippen LogP contribution in [0.25, 0.3) is 0 Å². The van der Waals surface area contributed by atoms with Gasteiger partial charge < -0.3 is 5.32 Å². The van der Waals surface area contributed by atoms with Crippen LogP contribution in [0.5, 0.6) is 0 Å². The molecule has 0 aromatic carbocycles. The van der Waals surface area contributed by atoms with Crippen LogP contribution in [0.4, 0.5) is 0 Å². The van der Waals surface area contributed by atoms with Gasteiger partial charge in [-0.1, -0.05) is 19.8 Å². The first-order valence-electron chi connectivity index (χ1n) is 3.90. The predicted octanol–water partition coefficient (Wildman–Crippen LogP) is 1.40. The van der Waals surface area contributed by atoms with E-state index in [-0.39, 0.29) is 0 Å². The Labute approximate surface area is 63.2 Å². The quantitative estimate of drug-likeness (QED) is 0.580. The number of hydrogen-bond acceptors (Lipinski definition) is 1. The van der Waals surface area contributed by atoms with Crippen LogP contribution in [-0.2, 0) is 0 Å². The summed E-state index contributed by atoms with van der Waals surface area (Å²) in [5.74, 6) is 3.33. The molecule has 1 heteroatoms. The Hall–Kier alpha value is -0.480. The van der Waals surface area contributed by atoms with Gasteiger partial charge in [0.15, 0.2) is 0 Å². The average Bonchev–Trinajstić information content (AvgIpc) is 2.64. The van der Waals surface area contributed by atoms with Crippen molar-refractivity contribution in [1.82, 2.24) is 5.32 Å². The Balaban J connectivity index is 2.32. The first-order valence-corrected chi connectivity index (χ1v) is 3.90. The zero-order valence-corrected chi connectivity index (χ0v) is 6.78. The molecule has 0 aliphatic heterocycles. The molecule has 0 aromatic heterocycles. The van der Waals surface area contributed by atoms with Crippen molar-refractivity contribution in [3.63, 3.8) is 0 Å². The largest absolute Gasteiger partial charge is 0.300 e. The van der Waals surface area contributed by atoms with Crippen LogP contribution in [0.2, 0.25) is 0 Å². The van der Waals surface area contributed by atoms with E-state index < -0.39 is 0 Å². The summed E-state index contributed by atoms with van der Waals surface area (Å²) in [6, 6.07) is 0. The Morgan fingerprint density at radius 3 is 2.50 bits per heavy atom. The fourth-order valence-corrected chi connectivity index (χ4v) is 1.32. The van der Waals surface area contributed by atoms with Crippen LogP contribution >= 0.6 is 0 Å². The summed E-state index contributed by atoms with van der Waals surface area (Å²) in [6.45, 7) is 5.21. The van der Waals surface area contributed by atoms with Gasteiger partial charge >= 0.3 is 0 Å². The van der Waals surface area contributed by atoms with E-state index in [0.29, 0.717) is 5.54 Å². The van der Waals surface area contributed by atoms with Crippen LogP contribution in [0.15, 0.2) is 0 Å². The Morgan fingerprint density at radius 2 is 2.20 bits per heavy atom. The number of nitrogens with one attached hydrogen (secondary N) is 1. The van der Waals surface area contributed by atoms with Gasteiger partial charge in [0.05, 0.1) is 6.54 Å². The summed E-state index contributed by atoms with van der Waals surface area (Å²) in [4.78, 5) is 0. The molecule has 0 spiro atoms. The highest BCUT2D eigenvalue weighted by molar-refractivity contribution is 5.06. The van der Waals surface area contributed by atoms with Crippen molar-refractivity contribution >= 4 is 0 Å². The third-order valence-electron chi connectivity index (χ3n) is 2.44. The van der Waals surface area contributed by atoms with Gasteiger partial charge in [0, 0.05) is 5.54 Å². The van der Waals surface area contributed by atoms with Crippen molar-refractivity contribution in [2.45, 2.75) is 32.2 Å². The molecule has 0 amide bonds. The molecule has 56 valence electrons. The molecule has 1 fully saturated rings. The minimum Gasteiger partial charge on any atom is -0.300 e. The van der Waals surface area contributed by atoms with Gasteiger partial charge in [-0.25, -0.2) is 0 Å². The van der Waals surface area contributed by atoms with Gasteiger partial charge in [0.1, 0.15) is 0 Å². The molecule has 1 rings (SSSR count). The van der Waals surface area contributed by atoms with E-state index in [9.17, 15) is 0 Å². The predicted molar refractivity (Wildman–Crippen MR) is 43.6 cm³/mol. The maximum absolute atomic E-state index is 5.15. The van der Waals surface area contributed by atoms with E-state index in [4.69, 9.17) is 6.42 Å². The third kappa shape index (κ3) is 1.33. The Bertz CT molecular complexity index is 149. The number of rotatable bonds is 3. The van der Waals surface area contributed by atoms with E-state index in [1.165, 1.54) is 12.8 Å². The van der Waals surface area contributed by atoms with Crippen LogP contribution in [-0.4, -0.2) is 12.1 Å². The molecule has 1 aliphatic rings. The van der Waals surface area contributed by atoms with Gasteiger partial charge in [-0.2, -0.15) is 0 Å². The lowest BCUT2D eigenvalue weighted by molar-refractivity contribution is 0.397. The summed E-state index contributed by atoms with van der Waals surface area (Å²) in [5.41, 5.74) is 0.409. The molecule has 0 bridgehead atoms. The van der Waals surface area contributed by atoms with Gasteiger partial charge in [0.2, 0.25) is 0 Å². The van der Waals surface area contributed by atoms with Gasteiger partial charge in [-0.15, -0.1) is 6.42 Å². The first kappa shape index (κ1) is 7.63. The van der Waals surface area contributed by atoms with Crippen LogP contribution < -0.4 is 5.32 Å². The van der Waals surface area contributed by atoms with Crippen molar-refractivity contribution in [3.05, 3.63) is 0 Å². The molecule has 10 heavy (non-hydrogen) atoms. The zero-order chi connectivity index (χ0) is 7.61. The topological polar surface area (TPSA) is 12.0 Å². The monoisotopic (exact) mass is 137 g/mol. The maximum atomic E-state index is 5.15. The fourth-order valence-electron chi connectivity index (χ4n) is 1.32. The fraction of sp³-hybridized carbons (Fsp3) is 0.778. The van der Waals surface area contributed by atoms with Crippen LogP contribution in [0, 0.1) is 18.3 Å². The van der Waals surface area contributed by atoms with Crippen LogP contribution in [0.1, 0.15) is 26.7 Å². The summed E-state index contributed by atoms with van der Waals surface area (Å²) in [6.07, 6.45) is 7.75. The molecule has 1 nitrogen and oxygen atoms in total. The zero-order valence-electron chi connectivity index (χ0n) is 6.78. The van der Waals surface area contributed by atoms with Crippen LogP contribution in [0.3, 0.4) is 0 Å². The minimum atomic E-state index is 0.409. The van der Waals surface area contributed by atoms with Crippen molar-refractivity contribution < 1.29 is 0 Å². The smallest absolute Gasteiger partial charge is 0.0578 e. The second-order valence-corrected chi connectivity index (χ2v) is 3.37. The molecule has 0 atom stereocenters.